The number of pyridine rings is 1. The van der Waals surface area contributed by atoms with Gasteiger partial charge >= 0.3 is 6.03 Å². The summed E-state index contributed by atoms with van der Waals surface area (Å²) in [5.41, 5.74) is 4.51. The number of carbonyl (C=O) groups excluding carboxylic acids is 2. The Morgan fingerprint density at radius 1 is 1.32 bits per heavy atom. The second-order valence-corrected chi connectivity index (χ2v) is 8.25. The van der Waals surface area contributed by atoms with Gasteiger partial charge in [-0.15, -0.1) is 11.3 Å². The lowest BCUT2D eigenvalue weighted by atomic mass is 10.1. The molecule has 1 aliphatic rings. The molecular formula is C21H21ClN6O2S. The summed E-state index contributed by atoms with van der Waals surface area (Å²) in [6, 6.07) is 10.1. The van der Waals surface area contributed by atoms with Gasteiger partial charge in [-0.05, 0) is 44.3 Å². The normalized spacial score (nSPS) is 14.4. The van der Waals surface area contributed by atoms with E-state index < -0.39 is 0 Å². The van der Waals surface area contributed by atoms with Gasteiger partial charge in [-0.1, -0.05) is 17.7 Å². The van der Waals surface area contributed by atoms with E-state index in [9.17, 15) is 9.59 Å². The number of hydrogen-bond acceptors (Lipinski definition) is 6. The van der Waals surface area contributed by atoms with Crippen LogP contribution in [-0.4, -0.2) is 39.9 Å². The van der Waals surface area contributed by atoms with Crippen LogP contribution in [0.2, 0.25) is 5.02 Å². The molecule has 0 aliphatic carbocycles. The molecule has 160 valence electrons. The first-order chi connectivity index (χ1) is 15.0. The maximum Gasteiger partial charge on any atom is 0.329 e. The minimum absolute atomic E-state index is 0.187. The molecule has 10 heteroatoms. The lowest BCUT2D eigenvalue weighted by Crippen LogP contribution is -2.44. The molecule has 3 amide bonds. The summed E-state index contributed by atoms with van der Waals surface area (Å²) >= 11 is 7.67. The van der Waals surface area contributed by atoms with E-state index in [0.717, 1.165) is 5.69 Å². The van der Waals surface area contributed by atoms with Crippen LogP contribution in [0.25, 0.3) is 0 Å². The number of urea groups is 1. The smallest absolute Gasteiger partial charge is 0.312 e. The van der Waals surface area contributed by atoms with Crippen LogP contribution in [0.3, 0.4) is 0 Å². The van der Waals surface area contributed by atoms with Crippen molar-refractivity contribution in [1.29, 1.82) is 0 Å². The molecule has 1 aromatic carbocycles. The minimum Gasteiger partial charge on any atom is -0.312 e. The van der Waals surface area contributed by atoms with Crippen molar-refractivity contribution in [2.75, 3.05) is 17.3 Å². The number of nitrogens with zero attached hydrogens (tertiary/aromatic N) is 4. The quantitative estimate of drug-likeness (QED) is 0.584. The van der Waals surface area contributed by atoms with Gasteiger partial charge in [0.15, 0.2) is 0 Å². The van der Waals surface area contributed by atoms with E-state index >= 15 is 0 Å². The number of hydrogen-bond donors (Lipinski definition) is 2. The van der Waals surface area contributed by atoms with Gasteiger partial charge in [0.25, 0.3) is 0 Å². The fraction of sp³-hybridized carbons (Fsp3) is 0.238. The first-order valence-electron chi connectivity index (χ1n) is 9.66. The van der Waals surface area contributed by atoms with E-state index in [1.165, 1.54) is 11.3 Å². The number of benzene rings is 1. The van der Waals surface area contributed by atoms with Crippen molar-refractivity contribution < 1.29 is 9.59 Å². The largest absolute Gasteiger partial charge is 0.329 e. The van der Waals surface area contributed by atoms with E-state index in [2.05, 4.69) is 20.6 Å². The van der Waals surface area contributed by atoms with Crippen LogP contribution in [-0.2, 0) is 17.9 Å². The molecule has 0 saturated carbocycles. The minimum atomic E-state index is -0.358. The van der Waals surface area contributed by atoms with Gasteiger partial charge in [0.05, 0.1) is 47.4 Å². The maximum absolute atomic E-state index is 13.4. The average molecular weight is 457 g/mol. The first kappa shape index (κ1) is 21.2. The fourth-order valence-corrected chi connectivity index (χ4v) is 3.98. The first-order valence-corrected chi connectivity index (χ1v) is 11.0. The molecule has 0 fully saturated rings. The second kappa shape index (κ2) is 9.01. The number of amides is 3. The molecule has 3 heterocycles. The van der Waals surface area contributed by atoms with E-state index in [0.29, 0.717) is 41.0 Å². The lowest BCUT2D eigenvalue weighted by Gasteiger charge is -2.36. The van der Waals surface area contributed by atoms with E-state index in [1.54, 1.807) is 59.6 Å². The highest BCUT2D eigenvalue weighted by Gasteiger charge is 2.33. The zero-order valence-corrected chi connectivity index (χ0v) is 18.6. The van der Waals surface area contributed by atoms with Gasteiger partial charge in [0, 0.05) is 10.4 Å². The van der Waals surface area contributed by atoms with Crippen molar-refractivity contribution in [3.63, 3.8) is 0 Å². The standard InChI is InChI=1S/C21H21ClN6O2S/c1-13(23-2)20(29)26-19-7-6-18-17(25-19)10-27(9-15-11-31-12-24-15)21(30)28(18)16-5-3-4-14(22)8-16/h3-8,11-13,23H,9-10H2,1-2H3,(H,25,26,29)/t13-/m0/s1. The Kier molecular flexibility index (Phi) is 6.17. The summed E-state index contributed by atoms with van der Waals surface area (Å²) in [6.07, 6.45) is 0. The second-order valence-electron chi connectivity index (χ2n) is 7.10. The molecule has 8 nitrogen and oxygen atoms in total. The van der Waals surface area contributed by atoms with Crippen LogP contribution in [0.1, 0.15) is 18.3 Å². The molecule has 1 atom stereocenters. The zero-order valence-electron chi connectivity index (χ0n) is 17.0. The summed E-state index contributed by atoms with van der Waals surface area (Å²) in [6.45, 7) is 2.42. The van der Waals surface area contributed by atoms with Gasteiger partial charge in [0.1, 0.15) is 5.82 Å². The molecule has 0 spiro atoms. The number of rotatable bonds is 6. The monoisotopic (exact) mass is 456 g/mol. The number of thiazole rings is 1. The Bertz CT molecular complexity index is 1110. The van der Waals surface area contributed by atoms with Gasteiger partial charge in [0.2, 0.25) is 5.91 Å². The zero-order chi connectivity index (χ0) is 22.0. The molecule has 2 aromatic heterocycles. The van der Waals surface area contributed by atoms with Crippen molar-refractivity contribution in [1.82, 2.24) is 20.2 Å². The van der Waals surface area contributed by atoms with E-state index in [-0.39, 0.29) is 18.0 Å². The third-order valence-electron chi connectivity index (χ3n) is 4.97. The Labute approximate surface area is 188 Å². The number of nitrogens with one attached hydrogen (secondary N) is 2. The van der Waals surface area contributed by atoms with Crippen molar-refractivity contribution in [3.05, 3.63) is 63.7 Å². The molecule has 0 saturated heterocycles. The molecule has 4 rings (SSSR count). The summed E-state index contributed by atoms with van der Waals surface area (Å²) in [7, 11) is 1.72. The predicted octanol–water partition coefficient (Wildman–Crippen LogP) is 4.01. The molecule has 31 heavy (non-hydrogen) atoms. The van der Waals surface area contributed by atoms with E-state index in [1.807, 2.05) is 11.4 Å². The highest BCUT2D eigenvalue weighted by atomic mass is 35.5. The van der Waals surface area contributed by atoms with Gasteiger partial charge in [-0.2, -0.15) is 0 Å². The Morgan fingerprint density at radius 3 is 2.87 bits per heavy atom. The van der Waals surface area contributed by atoms with Crippen molar-refractivity contribution in [3.8, 4) is 0 Å². The molecular weight excluding hydrogens is 436 g/mol. The molecule has 0 unspecified atom stereocenters. The van der Waals surface area contributed by atoms with Crippen LogP contribution < -0.4 is 15.5 Å². The van der Waals surface area contributed by atoms with Gasteiger partial charge in [-0.25, -0.2) is 14.8 Å². The third kappa shape index (κ3) is 4.53. The number of likely N-dealkylation sites (N-methyl/N-ethyl adjacent to an activating group) is 1. The van der Waals surface area contributed by atoms with Crippen molar-refractivity contribution in [2.24, 2.45) is 0 Å². The average Bonchev–Trinajstić information content (AvgIpc) is 3.27. The Hall–Kier alpha value is -3.01. The van der Waals surface area contributed by atoms with Gasteiger partial charge < -0.3 is 15.5 Å². The van der Waals surface area contributed by atoms with E-state index in [4.69, 9.17) is 11.6 Å². The van der Waals surface area contributed by atoms with Gasteiger partial charge in [-0.3, -0.25) is 9.69 Å². The highest BCUT2D eigenvalue weighted by Crippen LogP contribution is 2.36. The number of aromatic nitrogens is 2. The van der Waals surface area contributed by atoms with Crippen molar-refractivity contribution in [2.45, 2.75) is 26.1 Å². The molecule has 2 N–H and O–H groups in total. The Morgan fingerprint density at radius 2 is 2.16 bits per heavy atom. The number of fused-ring (bicyclic) bond motifs is 1. The number of carbonyl (C=O) groups is 2. The van der Waals surface area contributed by atoms with Crippen molar-refractivity contribution >= 4 is 52.1 Å². The van der Waals surface area contributed by atoms with Crippen LogP contribution >= 0.6 is 22.9 Å². The van der Waals surface area contributed by atoms with Crippen LogP contribution in [0.15, 0.2) is 47.3 Å². The molecule has 0 bridgehead atoms. The lowest BCUT2D eigenvalue weighted by molar-refractivity contribution is -0.117. The molecule has 3 aromatic rings. The summed E-state index contributed by atoms with van der Waals surface area (Å²) in [5, 5.41) is 8.15. The topological polar surface area (TPSA) is 90.5 Å². The summed E-state index contributed by atoms with van der Waals surface area (Å²) in [5.74, 6) is 0.243. The van der Waals surface area contributed by atoms with Crippen LogP contribution in [0, 0.1) is 0 Å². The molecule has 1 aliphatic heterocycles. The highest BCUT2D eigenvalue weighted by molar-refractivity contribution is 7.07. The summed E-state index contributed by atoms with van der Waals surface area (Å²) in [4.78, 5) is 37.8. The van der Waals surface area contributed by atoms with Crippen LogP contribution in [0.4, 0.5) is 22.0 Å². The Balaban J connectivity index is 1.71. The SMILES string of the molecule is CN[C@@H](C)C(=O)Nc1ccc2c(n1)CN(Cc1cscn1)C(=O)N2c1cccc(Cl)c1. The summed E-state index contributed by atoms with van der Waals surface area (Å²) < 4.78 is 0. The fourth-order valence-electron chi connectivity index (χ4n) is 3.24. The predicted molar refractivity (Wildman–Crippen MR) is 122 cm³/mol. The number of halogens is 1. The van der Waals surface area contributed by atoms with Crippen LogP contribution in [0.5, 0.6) is 0 Å². The molecule has 0 radical (unpaired) electrons. The third-order valence-corrected chi connectivity index (χ3v) is 5.84. The number of anilines is 3. The maximum atomic E-state index is 13.4.